The van der Waals surface area contributed by atoms with Crippen molar-refractivity contribution in [3.63, 3.8) is 0 Å². The van der Waals surface area contributed by atoms with Gasteiger partial charge in [-0.05, 0) is 121 Å². The van der Waals surface area contributed by atoms with Gasteiger partial charge in [-0.2, -0.15) is 0 Å². The van der Waals surface area contributed by atoms with Gasteiger partial charge in [0.2, 0.25) is 0 Å². The largest absolute Gasteiger partial charge is 0.253 e. The predicted molar refractivity (Wildman–Crippen MR) is 193 cm³/mol. The Morgan fingerprint density at radius 1 is 0.628 bits per heavy atom. The molecule has 3 aromatic carbocycles. The Labute approximate surface area is 265 Å². The monoisotopic (exact) mass is 577 g/mol. The van der Waals surface area contributed by atoms with Crippen molar-refractivity contribution in [1.29, 1.82) is 0 Å². The molecule has 1 nitrogen and oxygen atoms in total. The molecule has 3 aromatic rings. The van der Waals surface area contributed by atoms with E-state index in [0.717, 1.165) is 30.7 Å². The van der Waals surface area contributed by atoms with Crippen LogP contribution >= 0.6 is 0 Å². The van der Waals surface area contributed by atoms with E-state index in [1.807, 2.05) is 0 Å². The van der Waals surface area contributed by atoms with Gasteiger partial charge in [-0.25, -0.2) is 0 Å². The van der Waals surface area contributed by atoms with Crippen LogP contribution in [-0.2, 0) is 25.7 Å². The summed E-state index contributed by atoms with van der Waals surface area (Å²) in [4.78, 5) is 5.21. The predicted octanol–water partition coefficient (Wildman–Crippen LogP) is 13.1. The molecule has 232 valence electrons. The Morgan fingerprint density at radius 2 is 1.28 bits per heavy atom. The number of nitrogens with zero attached hydrogens (tertiary/aromatic N) is 1. The van der Waals surface area contributed by atoms with E-state index in [1.54, 1.807) is 16.7 Å². The van der Waals surface area contributed by atoms with Gasteiger partial charge < -0.3 is 0 Å². The smallest absolute Gasteiger partial charge is 0.0636 e. The van der Waals surface area contributed by atoms with E-state index >= 15 is 0 Å². The van der Waals surface area contributed by atoms with Crippen LogP contribution in [0.3, 0.4) is 0 Å². The number of hydrogen-bond acceptors (Lipinski definition) is 1. The molecule has 0 bridgehead atoms. The van der Waals surface area contributed by atoms with Crippen molar-refractivity contribution in [3.05, 3.63) is 94.1 Å². The van der Waals surface area contributed by atoms with E-state index in [4.69, 9.17) is 4.99 Å². The van der Waals surface area contributed by atoms with Crippen molar-refractivity contribution in [2.24, 2.45) is 4.99 Å². The highest BCUT2D eigenvalue weighted by atomic mass is 14.7. The van der Waals surface area contributed by atoms with E-state index in [0.29, 0.717) is 0 Å². The molecule has 0 N–H and O–H groups in total. The highest BCUT2D eigenvalue weighted by molar-refractivity contribution is 6.03. The molecular weight excluding hydrogens is 518 g/mol. The molecule has 0 aliphatic rings. The standard InChI is InChI=1S/C42H59N/c1-7-12-15-18-24-38-31-34(30-36(11-5)41(38)26-14-9-3)29-35(10-4)33(6)43-40-27-28-42(37-22-20-17-21-23-37)39(32-40)25-19-16-13-8-2/h17,20-23,27-32H,7-16,18-19,24-26H2,1-6H3. The summed E-state index contributed by atoms with van der Waals surface area (Å²) in [6.45, 7) is 13.7. The number of hydrogen-bond donors (Lipinski definition) is 0. The van der Waals surface area contributed by atoms with Crippen molar-refractivity contribution in [1.82, 2.24) is 0 Å². The van der Waals surface area contributed by atoms with Crippen LogP contribution in [0.25, 0.3) is 17.2 Å². The molecule has 0 aliphatic carbocycles. The molecule has 0 aliphatic heterocycles. The Morgan fingerprint density at radius 3 is 1.91 bits per heavy atom. The lowest BCUT2D eigenvalue weighted by molar-refractivity contribution is 0.661. The number of aryl methyl sites for hydroxylation is 3. The molecule has 0 amide bonds. The fourth-order valence-corrected chi connectivity index (χ4v) is 6.29. The van der Waals surface area contributed by atoms with Gasteiger partial charge in [0.15, 0.2) is 0 Å². The summed E-state index contributed by atoms with van der Waals surface area (Å²) in [6.07, 6.45) is 20.9. The van der Waals surface area contributed by atoms with Gasteiger partial charge in [0.05, 0.1) is 5.69 Å². The van der Waals surface area contributed by atoms with Crippen molar-refractivity contribution in [2.75, 3.05) is 0 Å². The summed E-state index contributed by atoms with van der Waals surface area (Å²) >= 11 is 0. The Bertz CT molecular complexity index is 1290. The average Bonchev–Trinajstić information content (AvgIpc) is 3.03. The number of allylic oxidation sites excluding steroid dienone is 1. The van der Waals surface area contributed by atoms with E-state index in [1.165, 1.54) is 105 Å². The van der Waals surface area contributed by atoms with Gasteiger partial charge in [0.25, 0.3) is 0 Å². The molecule has 0 atom stereocenters. The second-order valence-electron chi connectivity index (χ2n) is 12.3. The van der Waals surface area contributed by atoms with Crippen LogP contribution in [0.4, 0.5) is 5.69 Å². The Kier molecular flexibility index (Phi) is 15.6. The number of aliphatic imine (C=N–C) groups is 1. The summed E-state index contributed by atoms with van der Waals surface area (Å²) in [6, 6.07) is 22.7. The van der Waals surface area contributed by atoms with Crippen molar-refractivity contribution < 1.29 is 0 Å². The minimum absolute atomic E-state index is 0.978. The maximum absolute atomic E-state index is 5.21. The quantitative estimate of drug-likeness (QED) is 0.0992. The third-order valence-corrected chi connectivity index (χ3v) is 8.87. The van der Waals surface area contributed by atoms with Gasteiger partial charge in [-0.15, -0.1) is 0 Å². The van der Waals surface area contributed by atoms with Crippen LogP contribution in [0.1, 0.15) is 140 Å². The van der Waals surface area contributed by atoms with Crippen LogP contribution in [0.5, 0.6) is 0 Å². The Balaban J connectivity index is 1.94. The van der Waals surface area contributed by atoms with Crippen LogP contribution in [0.15, 0.2) is 71.2 Å². The van der Waals surface area contributed by atoms with Crippen molar-refractivity contribution in [3.8, 4) is 11.1 Å². The topological polar surface area (TPSA) is 12.4 Å². The third kappa shape index (κ3) is 10.9. The van der Waals surface area contributed by atoms with Gasteiger partial charge in [0.1, 0.15) is 0 Å². The first-order valence-electron chi connectivity index (χ1n) is 17.6. The minimum Gasteiger partial charge on any atom is -0.253 e. The SMILES string of the molecule is CCCCCCc1cc(N=C(C)C(=Cc2cc(CC)c(CCCC)c(CCCCCC)c2)CC)ccc1-c1ccccc1. The van der Waals surface area contributed by atoms with E-state index < -0.39 is 0 Å². The van der Waals surface area contributed by atoms with E-state index in [9.17, 15) is 0 Å². The summed E-state index contributed by atoms with van der Waals surface area (Å²) in [7, 11) is 0. The van der Waals surface area contributed by atoms with Gasteiger partial charge in [-0.3, -0.25) is 4.99 Å². The number of unbranched alkanes of at least 4 members (excludes halogenated alkanes) is 7. The first-order valence-corrected chi connectivity index (χ1v) is 17.6. The molecule has 0 fully saturated rings. The minimum atomic E-state index is 0.978. The van der Waals surface area contributed by atoms with Gasteiger partial charge in [0, 0.05) is 5.71 Å². The molecule has 43 heavy (non-hydrogen) atoms. The summed E-state index contributed by atoms with van der Waals surface area (Å²) in [5.74, 6) is 0. The van der Waals surface area contributed by atoms with Crippen molar-refractivity contribution in [2.45, 2.75) is 138 Å². The molecule has 0 aromatic heterocycles. The first kappa shape index (κ1) is 34.6. The third-order valence-electron chi connectivity index (χ3n) is 8.87. The Hall–Kier alpha value is -2.93. The highest BCUT2D eigenvalue weighted by Crippen LogP contribution is 2.30. The molecular formula is C42H59N. The van der Waals surface area contributed by atoms with Gasteiger partial charge in [-0.1, -0.05) is 128 Å². The summed E-state index contributed by atoms with van der Waals surface area (Å²) in [5, 5.41) is 0. The molecule has 0 radical (unpaired) electrons. The summed E-state index contributed by atoms with van der Waals surface area (Å²) < 4.78 is 0. The molecule has 0 unspecified atom stereocenters. The normalized spacial score (nSPS) is 12.2. The van der Waals surface area contributed by atoms with Crippen molar-refractivity contribution >= 4 is 17.5 Å². The first-order chi connectivity index (χ1) is 21.0. The molecule has 1 heteroatoms. The summed E-state index contributed by atoms with van der Waals surface area (Å²) in [5.41, 5.74) is 13.7. The second kappa shape index (κ2) is 19.4. The van der Waals surface area contributed by atoms with Crippen LogP contribution in [-0.4, -0.2) is 5.71 Å². The van der Waals surface area contributed by atoms with Crippen LogP contribution in [0, 0.1) is 0 Å². The lowest BCUT2D eigenvalue weighted by Gasteiger charge is -2.17. The van der Waals surface area contributed by atoms with E-state index in [2.05, 4.69) is 108 Å². The molecule has 0 spiro atoms. The molecule has 3 rings (SSSR count). The lowest BCUT2D eigenvalue weighted by atomic mass is 9.89. The highest BCUT2D eigenvalue weighted by Gasteiger charge is 2.12. The fraction of sp³-hybridized carbons (Fsp3) is 0.500. The van der Waals surface area contributed by atoms with E-state index in [-0.39, 0.29) is 0 Å². The number of benzene rings is 3. The maximum Gasteiger partial charge on any atom is 0.0636 e. The molecule has 0 saturated carbocycles. The second-order valence-corrected chi connectivity index (χ2v) is 12.3. The number of rotatable bonds is 19. The maximum atomic E-state index is 5.21. The zero-order chi connectivity index (χ0) is 30.9. The lowest BCUT2D eigenvalue weighted by Crippen LogP contribution is -2.03. The molecule has 0 saturated heterocycles. The van der Waals surface area contributed by atoms with Gasteiger partial charge >= 0.3 is 0 Å². The fourth-order valence-electron chi connectivity index (χ4n) is 6.29. The average molecular weight is 578 g/mol. The zero-order valence-corrected chi connectivity index (χ0v) is 28.4. The zero-order valence-electron chi connectivity index (χ0n) is 28.4. The van der Waals surface area contributed by atoms with Crippen LogP contribution < -0.4 is 0 Å². The van der Waals surface area contributed by atoms with Crippen LogP contribution in [0.2, 0.25) is 0 Å². The molecule has 0 heterocycles.